The lowest BCUT2D eigenvalue weighted by molar-refractivity contribution is -0.156. The van der Waals surface area contributed by atoms with Crippen molar-refractivity contribution in [2.75, 3.05) is 0 Å². The summed E-state index contributed by atoms with van der Waals surface area (Å²) >= 11 is 0. The fourth-order valence-corrected chi connectivity index (χ4v) is 5.55. The molecule has 3 rings (SSSR count). The van der Waals surface area contributed by atoms with E-state index in [1.807, 2.05) is 0 Å². The molecule has 2 fully saturated rings. The number of phenolic OH excluding ortho intramolecular Hbond substituents is 2. The van der Waals surface area contributed by atoms with Gasteiger partial charge in [-0.2, -0.15) is 5.10 Å². The predicted octanol–water partition coefficient (Wildman–Crippen LogP) is -1.06. The lowest BCUT2D eigenvalue weighted by Crippen LogP contribution is -2.57. The van der Waals surface area contributed by atoms with Crippen LogP contribution in [0.1, 0.15) is 18.9 Å². The van der Waals surface area contributed by atoms with Crippen molar-refractivity contribution in [2.45, 2.75) is 35.9 Å². The van der Waals surface area contributed by atoms with Crippen molar-refractivity contribution < 1.29 is 38.1 Å². The van der Waals surface area contributed by atoms with Crippen LogP contribution in [0.2, 0.25) is 0 Å². The van der Waals surface area contributed by atoms with E-state index in [2.05, 4.69) is 10.5 Å². The number of benzene rings is 1. The van der Waals surface area contributed by atoms with Crippen molar-refractivity contribution >= 4 is 33.8 Å². The molecule has 2 heterocycles. The Morgan fingerprint density at radius 1 is 1.36 bits per heavy atom. The lowest BCUT2D eigenvalue weighted by Gasteiger charge is -2.35. The first kappa shape index (κ1) is 19.6. The molecule has 0 aromatic heterocycles. The van der Waals surface area contributed by atoms with Crippen LogP contribution in [-0.4, -0.2) is 68.8 Å². The highest BCUT2D eigenvalue weighted by atomic mass is 32.2. The average molecular weight is 411 g/mol. The zero-order valence-corrected chi connectivity index (χ0v) is 15.4. The number of nitrogens with zero attached hydrogens (tertiary/aromatic N) is 2. The van der Waals surface area contributed by atoms with Crippen LogP contribution in [0.15, 0.2) is 23.3 Å². The number of sulfone groups is 1. The topological polar surface area (TPSA) is 174 Å². The second-order valence-electron chi connectivity index (χ2n) is 6.72. The Hall–Kier alpha value is -3.15. The molecule has 11 nitrogen and oxygen atoms in total. The number of hydrogen-bond acceptors (Lipinski definition) is 8. The number of amides is 2. The molecule has 0 saturated carbocycles. The van der Waals surface area contributed by atoms with Crippen LogP contribution in [0.25, 0.3) is 0 Å². The first-order valence-electron chi connectivity index (χ1n) is 8.10. The zero-order valence-electron chi connectivity index (χ0n) is 14.6. The van der Waals surface area contributed by atoms with Gasteiger partial charge in [0.15, 0.2) is 27.4 Å². The summed E-state index contributed by atoms with van der Waals surface area (Å²) in [6.07, 6.45) is 0.301. The third-order valence-electron chi connectivity index (χ3n) is 4.89. The van der Waals surface area contributed by atoms with Gasteiger partial charge in [-0.3, -0.25) is 9.59 Å². The molecular weight excluding hydrogens is 394 g/mol. The maximum Gasteiger partial charge on any atom is 0.328 e. The third-order valence-corrected chi connectivity index (χ3v) is 7.55. The molecule has 2 aliphatic heterocycles. The fraction of sp³-hybridized carbons (Fsp3) is 0.375. The van der Waals surface area contributed by atoms with Crippen LogP contribution in [0.3, 0.4) is 0 Å². The van der Waals surface area contributed by atoms with Crippen molar-refractivity contribution in [3.05, 3.63) is 23.8 Å². The van der Waals surface area contributed by atoms with Gasteiger partial charge in [-0.05, 0) is 24.6 Å². The normalized spacial score (nSPS) is 28.0. The van der Waals surface area contributed by atoms with Gasteiger partial charge in [0, 0.05) is 6.21 Å². The number of aromatic hydroxyl groups is 2. The first-order valence-corrected chi connectivity index (χ1v) is 9.65. The van der Waals surface area contributed by atoms with Crippen LogP contribution >= 0.6 is 0 Å². The fourth-order valence-electron chi connectivity index (χ4n) is 3.34. The molecule has 0 aliphatic carbocycles. The summed E-state index contributed by atoms with van der Waals surface area (Å²) < 4.78 is 23.3. The van der Waals surface area contributed by atoms with Gasteiger partial charge in [-0.15, -0.1) is 0 Å². The van der Waals surface area contributed by atoms with E-state index in [1.54, 1.807) is 0 Å². The summed E-state index contributed by atoms with van der Waals surface area (Å²) in [6, 6.07) is 2.14. The monoisotopic (exact) mass is 411 g/mol. The van der Waals surface area contributed by atoms with Crippen LogP contribution < -0.4 is 5.43 Å². The molecule has 1 aromatic rings. The number of phenols is 2. The Morgan fingerprint density at radius 2 is 2.04 bits per heavy atom. The number of carboxylic acids is 1. The van der Waals surface area contributed by atoms with E-state index in [-0.39, 0.29) is 18.6 Å². The number of carbonyl (C=O) groups excluding carboxylic acids is 2. The van der Waals surface area contributed by atoms with Crippen LogP contribution in [0, 0.1) is 0 Å². The number of hydrogen-bond donors (Lipinski definition) is 4. The highest BCUT2D eigenvalue weighted by Gasteiger charge is 2.69. The number of aliphatic carboxylic acids is 1. The van der Waals surface area contributed by atoms with Crippen molar-refractivity contribution in [2.24, 2.45) is 5.10 Å². The van der Waals surface area contributed by atoms with Gasteiger partial charge in [0.2, 0.25) is 11.8 Å². The second-order valence-corrected chi connectivity index (χ2v) is 9.24. The van der Waals surface area contributed by atoms with Crippen molar-refractivity contribution in [3.8, 4) is 11.5 Å². The SMILES string of the molecule is C[C@]1(/C=N/NC(=O)Cc2ccc(O)c(O)c2)[C@H](C(=O)O)N2C(=O)C[C@H]2S1(=O)=O. The quantitative estimate of drug-likeness (QED) is 0.205. The zero-order chi connectivity index (χ0) is 20.9. The van der Waals surface area contributed by atoms with E-state index in [4.69, 9.17) is 0 Å². The molecule has 12 heteroatoms. The van der Waals surface area contributed by atoms with Crippen molar-refractivity contribution in [1.29, 1.82) is 0 Å². The van der Waals surface area contributed by atoms with Crippen molar-refractivity contribution in [1.82, 2.24) is 10.3 Å². The molecule has 0 unspecified atom stereocenters. The minimum absolute atomic E-state index is 0.232. The van der Waals surface area contributed by atoms with Gasteiger partial charge < -0.3 is 20.2 Å². The summed E-state index contributed by atoms with van der Waals surface area (Å²) in [5.41, 5.74) is 2.46. The molecule has 2 amide bonds. The smallest absolute Gasteiger partial charge is 0.328 e. The van der Waals surface area contributed by atoms with Gasteiger partial charge in [-0.25, -0.2) is 18.6 Å². The summed E-state index contributed by atoms with van der Waals surface area (Å²) in [5, 5.41) is 30.5. The molecule has 2 saturated heterocycles. The van der Waals surface area contributed by atoms with E-state index in [9.17, 15) is 38.1 Å². The van der Waals surface area contributed by atoms with Crippen LogP contribution in [0.4, 0.5) is 0 Å². The molecule has 0 radical (unpaired) electrons. The lowest BCUT2D eigenvalue weighted by atomic mass is 9.97. The molecule has 4 N–H and O–H groups in total. The summed E-state index contributed by atoms with van der Waals surface area (Å²) in [7, 11) is -4.06. The molecule has 3 atom stereocenters. The summed E-state index contributed by atoms with van der Waals surface area (Å²) in [4.78, 5) is 36.0. The molecule has 0 bridgehead atoms. The predicted molar refractivity (Wildman–Crippen MR) is 94.1 cm³/mol. The van der Waals surface area contributed by atoms with Gasteiger partial charge in [-0.1, -0.05) is 6.07 Å². The minimum Gasteiger partial charge on any atom is -0.504 e. The number of fused-ring (bicyclic) bond motifs is 1. The van der Waals surface area contributed by atoms with E-state index in [0.29, 0.717) is 5.56 Å². The first-order chi connectivity index (χ1) is 13.0. The van der Waals surface area contributed by atoms with E-state index >= 15 is 0 Å². The summed E-state index contributed by atoms with van der Waals surface area (Å²) in [5.74, 6) is -3.47. The van der Waals surface area contributed by atoms with E-state index in [0.717, 1.165) is 18.0 Å². The Balaban J connectivity index is 1.76. The molecule has 150 valence electrons. The molecule has 1 aromatic carbocycles. The maximum atomic E-state index is 12.7. The third kappa shape index (κ3) is 2.85. The van der Waals surface area contributed by atoms with Gasteiger partial charge in [0.1, 0.15) is 10.1 Å². The van der Waals surface area contributed by atoms with Crippen molar-refractivity contribution in [3.63, 3.8) is 0 Å². The highest BCUT2D eigenvalue weighted by molar-refractivity contribution is 7.94. The Bertz CT molecular complexity index is 1010. The Morgan fingerprint density at radius 3 is 2.61 bits per heavy atom. The maximum absolute atomic E-state index is 12.7. The number of carboxylic acid groups (broad SMARTS) is 1. The molecule has 28 heavy (non-hydrogen) atoms. The average Bonchev–Trinajstić information content (AvgIpc) is 2.73. The Labute approximate surface area is 159 Å². The number of rotatable bonds is 5. The number of β-lactam (4-membered cyclic amide) rings is 1. The number of nitrogens with one attached hydrogen (secondary N) is 1. The van der Waals surface area contributed by atoms with Gasteiger partial charge in [0.25, 0.3) is 0 Å². The van der Waals surface area contributed by atoms with Gasteiger partial charge >= 0.3 is 5.97 Å². The highest BCUT2D eigenvalue weighted by Crippen LogP contribution is 2.45. The van der Waals surface area contributed by atoms with Gasteiger partial charge in [0.05, 0.1) is 12.8 Å². The molecular formula is C16H17N3O8S. The standard InChI is InChI=1S/C16H17N3O8S/c1-16(14(15(24)25)19-12(23)6-13(19)28(16,26)27)7-17-18-11(22)5-8-2-3-9(20)10(21)4-8/h2-4,7,13-14,20-21H,5-6H2,1H3,(H,18,22)(H,24,25)/b17-7+/t13-,14+,16+/m1/s1. The number of carbonyl (C=O) groups is 3. The van der Waals surface area contributed by atoms with Crippen LogP contribution in [-0.2, 0) is 30.6 Å². The Kier molecular flexibility index (Phi) is 4.54. The largest absolute Gasteiger partial charge is 0.504 e. The van der Waals surface area contributed by atoms with E-state index < -0.39 is 49.5 Å². The molecule has 0 spiro atoms. The number of hydrazone groups is 1. The van der Waals surface area contributed by atoms with E-state index in [1.165, 1.54) is 18.2 Å². The van der Waals surface area contributed by atoms with Crippen LogP contribution in [0.5, 0.6) is 11.5 Å². The molecule has 2 aliphatic rings. The second kappa shape index (κ2) is 6.48. The summed E-state index contributed by atoms with van der Waals surface area (Å²) in [6.45, 7) is 1.14. The minimum atomic E-state index is -4.06.